The first-order chi connectivity index (χ1) is 12.3. The normalized spacial score (nSPS) is 14.7. The summed E-state index contributed by atoms with van der Waals surface area (Å²) in [5.41, 5.74) is 1.16. The number of hydrogen-bond acceptors (Lipinski definition) is 4. The molecule has 1 aromatic carbocycles. The third-order valence-electron chi connectivity index (χ3n) is 3.72. The van der Waals surface area contributed by atoms with Crippen LogP contribution in [0.25, 0.3) is 0 Å². The van der Waals surface area contributed by atoms with Crippen LogP contribution in [-0.4, -0.2) is 52.1 Å². The molecule has 0 saturated heterocycles. The average molecular weight is 384 g/mol. The van der Waals surface area contributed by atoms with Crippen LogP contribution in [0.4, 0.5) is 0 Å². The van der Waals surface area contributed by atoms with E-state index in [0.29, 0.717) is 38.1 Å². The standard InChI is InChI=1S/C19H33N3O3S/c1-5-20-19(22-17(3)11-12-26(4,23)24)21-13-16(2)14-25-15-18-9-7-6-8-10-18/h6-10,16-17H,5,11-15H2,1-4H3,(H2,20,21,22). The van der Waals surface area contributed by atoms with Gasteiger partial charge in [-0.05, 0) is 31.7 Å². The number of hydrogen-bond donors (Lipinski definition) is 2. The third kappa shape index (κ3) is 11.1. The van der Waals surface area contributed by atoms with Gasteiger partial charge in [0.25, 0.3) is 0 Å². The summed E-state index contributed by atoms with van der Waals surface area (Å²) in [6.45, 7) is 8.71. The fourth-order valence-corrected chi connectivity index (χ4v) is 3.05. The molecular formula is C19H33N3O3S. The van der Waals surface area contributed by atoms with Crippen LogP contribution in [-0.2, 0) is 21.2 Å². The number of aliphatic imine (C=N–C) groups is 1. The molecule has 0 bridgehead atoms. The second-order valence-corrected chi connectivity index (χ2v) is 9.05. The molecule has 0 saturated carbocycles. The first-order valence-electron chi connectivity index (χ1n) is 9.14. The van der Waals surface area contributed by atoms with Crippen molar-refractivity contribution in [1.82, 2.24) is 10.6 Å². The maximum absolute atomic E-state index is 11.3. The molecule has 0 aliphatic heterocycles. The van der Waals surface area contributed by atoms with Crippen molar-refractivity contribution in [2.75, 3.05) is 31.7 Å². The average Bonchev–Trinajstić information content (AvgIpc) is 2.58. The number of rotatable bonds is 11. The van der Waals surface area contributed by atoms with Gasteiger partial charge in [0.05, 0.1) is 19.0 Å². The van der Waals surface area contributed by atoms with E-state index in [1.54, 1.807) is 0 Å². The van der Waals surface area contributed by atoms with Crippen molar-refractivity contribution >= 4 is 15.8 Å². The molecule has 26 heavy (non-hydrogen) atoms. The Morgan fingerprint density at radius 2 is 1.92 bits per heavy atom. The van der Waals surface area contributed by atoms with Gasteiger partial charge in [0.1, 0.15) is 9.84 Å². The van der Waals surface area contributed by atoms with Gasteiger partial charge in [-0.1, -0.05) is 37.3 Å². The van der Waals surface area contributed by atoms with Gasteiger partial charge in [-0.3, -0.25) is 4.99 Å². The Morgan fingerprint density at radius 3 is 2.54 bits per heavy atom. The van der Waals surface area contributed by atoms with E-state index in [1.165, 1.54) is 6.26 Å². The van der Waals surface area contributed by atoms with Gasteiger partial charge in [0.2, 0.25) is 0 Å². The largest absolute Gasteiger partial charge is 0.376 e. The minimum atomic E-state index is -2.94. The minimum absolute atomic E-state index is 0.0344. The van der Waals surface area contributed by atoms with E-state index in [-0.39, 0.29) is 11.8 Å². The predicted octanol–water partition coefficient (Wildman–Crippen LogP) is 2.22. The molecule has 2 unspecified atom stereocenters. The molecule has 0 aliphatic rings. The first-order valence-corrected chi connectivity index (χ1v) is 11.2. The lowest BCUT2D eigenvalue weighted by Gasteiger charge is -2.18. The molecule has 0 radical (unpaired) electrons. The Bertz CT molecular complexity index is 633. The van der Waals surface area contributed by atoms with Crippen molar-refractivity contribution in [2.24, 2.45) is 10.9 Å². The van der Waals surface area contributed by atoms with Crippen LogP contribution in [0.15, 0.2) is 35.3 Å². The van der Waals surface area contributed by atoms with Gasteiger partial charge in [0, 0.05) is 25.4 Å². The summed E-state index contributed by atoms with van der Waals surface area (Å²) >= 11 is 0. The maximum Gasteiger partial charge on any atom is 0.191 e. The number of benzene rings is 1. The summed E-state index contributed by atoms with van der Waals surface area (Å²) in [6, 6.07) is 10.1. The zero-order valence-electron chi connectivity index (χ0n) is 16.4. The van der Waals surface area contributed by atoms with Crippen molar-refractivity contribution in [2.45, 2.75) is 39.8 Å². The molecule has 0 heterocycles. The molecular weight excluding hydrogens is 350 g/mol. The number of nitrogens with zero attached hydrogens (tertiary/aromatic N) is 1. The van der Waals surface area contributed by atoms with Crippen LogP contribution >= 0.6 is 0 Å². The Balaban J connectivity index is 2.38. The van der Waals surface area contributed by atoms with Crippen LogP contribution in [0.5, 0.6) is 0 Å². The molecule has 1 aromatic rings. The molecule has 7 heteroatoms. The van der Waals surface area contributed by atoms with E-state index in [2.05, 4.69) is 22.5 Å². The van der Waals surface area contributed by atoms with Crippen molar-refractivity contribution in [3.8, 4) is 0 Å². The highest BCUT2D eigenvalue weighted by atomic mass is 32.2. The second-order valence-electron chi connectivity index (χ2n) is 6.79. The molecule has 148 valence electrons. The van der Waals surface area contributed by atoms with Gasteiger partial charge >= 0.3 is 0 Å². The fraction of sp³-hybridized carbons (Fsp3) is 0.632. The zero-order valence-corrected chi connectivity index (χ0v) is 17.2. The predicted molar refractivity (Wildman–Crippen MR) is 108 cm³/mol. The zero-order chi connectivity index (χ0) is 19.4. The summed E-state index contributed by atoms with van der Waals surface area (Å²) in [4.78, 5) is 4.59. The quantitative estimate of drug-likeness (QED) is 0.452. The Hall–Kier alpha value is -1.60. The molecule has 0 amide bonds. The van der Waals surface area contributed by atoms with E-state index in [0.717, 1.165) is 12.1 Å². The Kier molecular flexibility index (Phi) is 10.3. The summed E-state index contributed by atoms with van der Waals surface area (Å²) < 4.78 is 28.3. The van der Waals surface area contributed by atoms with Crippen molar-refractivity contribution in [3.63, 3.8) is 0 Å². The van der Waals surface area contributed by atoms with Crippen molar-refractivity contribution in [1.29, 1.82) is 0 Å². The molecule has 2 N–H and O–H groups in total. The third-order valence-corrected chi connectivity index (χ3v) is 4.70. The molecule has 0 spiro atoms. The van der Waals surface area contributed by atoms with Crippen LogP contribution in [0.2, 0.25) is 0 Å². The summed E-state index contributed by atoms with van der Waals surface area (Å²) in [5.74, 6) is 1.17. The van der Waals surface area contributed by atoms with E-state index in [4.69, 9.17) is 4.74 Å². The molecule has 0 aliphatic carbocycles. The van der Waals surface area contributed by atoms with Crippen LogP contribution in [0.3, 0.4) is 0 Å². The smallest absolute Gasteiger partial charge is 0.191 e. The van der Waals surface area contributed by atoms with Gasteiger partial charge in [0.15, 0.2) is 5.96 Å². The van der Waals surface area contributed by atoms with Crippen LogP contribution < -0.4 is 10.6 Å². The van der Waals surface area contributed by atoms with Gasteiger partial charge in [-0.25, -0.2) is 8.42 Å². The molecule has 0 fully saturated rings. The number of nitrogens with one attached hydrogen (secondary N) is 2. The van der Waals surface area contributed by atoms with Crippen LogP contribution in [0, 0.1) is 5.92 Å². The van der Waals surface area contributed by atoms with E-state index in [1.807, 2.05) is 44.2 Å². The highest BCUT2D eigenvalue weighted by Crippen LogP contribution is 2.04. The maximum atomic E-state index is 11.3. The van der Waals surface area contributed by atoms with Crippen LogP contribution in [0.1, 0.15) is 32.8 Å². The molecule has 2 atom stereocenters. The lowest BCUT2D eigenvalue weighted by molar-refractivity contribution is 0.0945. The van der Waals surface area contributed by atoms with E-state index >= 15 is 0 Å². The number of sulfone groups is 1. The SMILES string of the molecule is CCNC(=NCC(C)COCc1ccccc1)NC(C)CCS(C)(=O)=O. The highest BCUT2D eigenvalue weighted by molar-refractivity contribution is 7.90. The van der Waals surface area contributed by atoms with Gasteiger partial charge in [-0.15, -0.1) is 0 Å². The van der Waals surface area contributed by atoms with Crippen molar-refractivity contribution in [3.05, 3.63) is 35.9 Å². The van der Waals surface area contributed by atoms with Gasteiger partial charge < -0.3 is 15.4 Å². The molecule has 1 rings (SSSR count). The molecule has 6 nitrogen and oxygen atoms in total. The monoisotopic (exact) mass is 383 g/mol. The Labute approximate surface area is 158 Å². The second kappa shape index (κ2) is 11.9. The van der Waals surface area contributed by atoms with Crippen molar-refractivity contribution < 1.29 is 13.2 Å². The summed E-state index contributed by atoms with van der Waals surface area (Å²) in [5, 5.41) is 6.46. The lowest BCUT2D eigenvalue weighted by Crippen LogP contribution is -2.43. The Morgan fingerprint density at radius 1 is 1.23 bits per heavy atom. The van der Waals surface area contributed by atoms with E-state index < -0.39 is 9.84 Å². The number of ether oxygens (including phenoxy) is 1. The highest BCUT2D eigenvalue weighted by Gasteiger charge is 2.10. The molecule has 0 aromatic heterocycles. The topological polar surface area (TPSA) is 79.8 Å². The first kappa shape index (κ1) is 22.4. The van der Waals surface area contributed by atoms with E-state index in [9.17, 15) is 8.42 Å². The summed E-state index contributed by atoms with van der Waals surface area (Å²) in [7, 11) is -2.94. The van der Waals surface area contributed by atoms with Gasteiger partial charge in [-0.2, -0.15) is 0 Å². The lowest BCUT2D eigenvalue weighted by atomic mass is 10.2. The minimum Gasteiger partial charge on any atom is -0.376 e. The number of guanidine groups is 1. The fourth-order valence-electron chi connectivity index (χ4n) is 2.27. The summed E-state index contributed by atoms with van der Waals surface area (Å²) in [6.07, 6.45) is 1.81.